The van der Waals surface area contributed by atoms with Crippen molar-refractivity contribution in [1.29, 1.82) is 0 Å². The molecule has 1 N–H and O–H groups in total. The first-order valence-corrected chi connectivity index (χ1v) is 7.24. The fourth-order valence-electron chi connectivity index (χ4n) is 1.35. The van der Waals surface area contributed by atoms with Crippen LogP contribution in [0.2, 0.25) is 0 Å². The standard InChI is InChI=1S/C10H13ClN2O5S/c1-7(6-11)12-19(16,17)10-5-8(13(14)15)3-4-9(10)18-2/h3-5,7,12H,6H2,1-2H3. The number of alkyl halides is 1. The number of sulfonamides is 1. The summed E-state index contributed by atoms with van der Waals surface area (Å²) in [4.78, 5) is 9.72. The Morgan fingerprint density at radius 2 is 2.16 bits per heavy atom. The van der Waals surface area contributed by atoms with E-state index in [1.54, 1.807) is 6.92 Å². The Labute approximate surface area is 115 Å². The first-order valence-electron chi connectivity index (χ1n) is 5.22. The third kappa shape index (κ3) is 3.79. The fraction of sp³-hybridized carbons (Fsp3) is 0.400. The molecule has 0 spiro atoms. The lowest BCUT2D eigenvalue weighted by atomic mass is 10.3. The zero-order valence-corrected chi connectivity index (χ0v) is 11.9. The van der Waals surface area contributed by atoms with Crippen LogP contribution in [-0.2, 0) is 10.0 Å². The van der Waals surface area contributed by atoms with Gasteiger partial charge in [0.15, 0.2) is 0 Å². The Balaban J connectivity index is 3.30. The van der Waals surface area contributed by atoms with E-state index in [1.807, 2.05) is 0 Å². The number of hydrogen-bond donors (Lipinski definition) is 1. The Bertz CT molecular complexity index is 575. The third-order valence-corrected chi connectivity index (χ3v) is 4.31. The van der Waals surface area contributed by atoms with Crippen molar-refractivity contribution in [2.24, 2.45) is 0 Å². The van der Waals surface area contributed by atoms with Crippen LogP contribution in [0.3, 0.4) is 0 Å². The van der Waals surface area contributed by atoms with Gasteiger partial charge in [-0.1, -0.05) is 0 Å². The molecule has 0 radical (unpaired) electrons. The highest BCUT2D eigenvalue weighted by Crippen LogP contribution is 2.28. The van der Waals surface area contributed by atoms with Gasteiger partial charge in [-0.25, -0.2) is 13.1 Å². The predicted octanol–water partition coefficient (Wildman–Crippen LogP) is 1.51. The highest BCUT2D eigenvalue weighted by molar-refractivity contribution is 7.89. The number of benzene rings is 1. The summed E-state index contributed by atoms with van der Waals surface area (Å²) >= 11 is 5.53. The SMILES string of the molecule is COc1ccc([N+](=O)[O-])cc1S(=O)(=O)NC(C)CCl. The highest BCUT2D eigenvalue weighted by atomic mass is 35.5. The number of ether oxygens (including phenoxy) is 1. The van der Waals surface area contributed by atoms with Gasteiger partial charge in [0.05, 0.1) is 12.0 Å². The second kappa shape index (κ2) is 6.18. The number of nitro benzene ring substituents is 1. The average molecular weight is 309 g/mol. The Morgan fingerprint density at radius 3 is 2.63 bits per heavy atom. The van der Waals surface area contributed by atoms with Gasteiger partial charge < -0.3 is 4.74 Å². The van der Waals surface area contributed by atoms with Crippen molar-refractivity contribution in [3.8, 4) is 5.75 Å². The van der Waals surface area contributed by atoms with Crippen LogP contribution < -0.4 is 9.46 Å². The van der Waals surface area contributed by atoms with E-state index in [0.29, 0.717) is 0 Å². The summed E-state index contributed by atoms with van der Waals surface area (Å²) in [5.41, 5.74) is -0.334. The number of non-ortho nitro benzene ring substituents is 1. The van der Waals surface area contributed by atoms with Crippen LogP contribution in [-0.4, -0.2) is 32.4 Å². The number of nitrogens with one attached hydrogen (secondary N) is 1. The normalized spacial score (nSPS) is 13.0. The third-order valence-electron chi connectivity index (χ3n) is 2.24. The summed E-state index contributed by atoms with van der Waals surface area (Å²) in [5, 5.41) is 10.7. The molecule has 0 saturated carbocycles. The zero-order chi connectivity index (χ0) is 14.6. The molecule has 19 heavy (non-hydrogen) atoms. The van der Waals surface area contributed by atoms with Gasteiger partial charge in [0.1, 0.15) is 10.6 Å². The molecule has 0 aliphatic carbocycles. The fourth-order valence-corrected chi connectivity index (χ4v) is 2.95. The zero-order valence-electron chi connectivity index (χ0n) is 10.3. The highest BCUT2D eigenvalue weighted by Gasteiger charge is 2.24. The molecule has 0 heterocycles. The van der Waals surface area contributed by atoms with Crippen molar-refractivity contribution in [2.75, 3.05) is 13.0 Å². The van der Waals surface area contributed by atoms with Crippen LogP contribution in [0.1, 0.15) is 6.92 Å². The van der Waals surface area contributed by atoms with E-state index in [9.17, 15) is 18.5 Å². The lowest BCUT2D eigenvalue weighted by molar-refractivity contribution is -0.385. The van der Waals surface area contributed by atoms with E-state index in [0.717, 1.165) is 6.07 Å². The van der Waals surface area contributed by atoms with Crippen LogP contribution in [0, 0.1) is 10.1 Å². The number of methoxy groups -OCH3 is 1. The van der Waals surface area contributed by atoms with Gasteiger partial charge in [0, 0.05) is 24.1 Å². The van der Waals surface area contributed by atoms with Gasteiger partial charge in [0.25, 0.3) is 5.69 Å². The van der Waals surface area contributed by atoms with Gasteiger partial charge in [-0.15, -0.1) is 11.6 Å². The maximum Gasteiger partial charge on any atom is 0.271 e. The van der Waals surface area contributed by atoms with Crippen molar-refractivity contribution in [2.45, 2.75) is 17.9 Å². The van der Waals surface area contributed by atoms with Gasteiger partial charge in [-0.3, -0.25) is 10.1 Å². The first-order chi connectivity index (χ1) is 8.81. The Kier molecular flexibility index (Phi) is 5.10. The van der Waals surface area contributed by atoms with Crippen LogP contribution in [0.4, 0.5) is 5.69 Å². The molecule has 0 saturated heterocycles. The summed E-state index contributed by atoms with van der Waals surface area (Å²) in [5.74, 6) is 0.107. The molecule has 9 heteroatoms. The molecule has 106 valence electrons. The van der Waals surface area contributed by atoms with E-state index in [4.69, 9.17) is 16.3 Å². The molecule has 1 unspecified atom stereocenters. The smallest absolute Gasteiger partial charge is 0.271 e. The first kappa shape index (κ1) is 15.7. The monoisotopic (exact) mass is 308 g/mol. The largest absolute Gasteiger partial charge is 0.495 e. The van der Waals surface area contributed by atoms with Crippen LogP contribution in [0.5, 0.6) is 5.75 Å². The number of rotatable bonds is 6. The van der Waals surface area contributed by atoms with E-state index < -0.39 is 21.0 Å². The molecule has 1 atom stereocenters. The van der Waals surface area contributed by atoms with Crippen molar-refractivity contribution in [3.05, 3.63) is 28.3 Å². The van der Waals surface area contributed by atoms with Crippen molar-refractivity contribution < 1.29 is 18.1 Å². The number of nitrogens with zero attached hydrogens (tertiary/aromatic N) is 1. The van der Waals surface area contributed by atoms with Gasteiger partial charge >= 0.3 is 0 Å². The molecule has 0 bridgehead atoms. The predicted molar refractivity (Wildman–Crippen MR) is 70.2 cm³/mol. The minimum atomic E-state index is -3.93. The molecule has 0 amide bonds. The molecule has 7 nitrogen and oxygen atoms in total. The Hall–Kier alpha value is -1.38. The summed E-state index contributed by atoms with van der Waals surface area (Å²) in [7, 11) is -2.65. The maximum atomic E-state index is 12.1. The maximum absolute atomic E-state index is 12.1. The second-order valence-corrected chi connectivity index (χ2v) is 5.76. The molecule has 1 rings (SSSR count). The minimum absolute atomic E-state index is 0.0277. The summed E-state index contributed by atoms with van der Waals surface area (Å²) in [6, 6.07) is 2.85. The second-order valence-electron chi connectivity index (χ2n) is 3.77. The number of nitro groups is 1. The molecule has 1 aromatic rings. The van der Waals surface area contributed by atoms with Crippen LogP contribution in [0.25, 0.3) is 0 Å². The summed E-state index contributed by atoms with van der Waals surface area (Å²) in [6.07, 6.45) is 0. The molecule has 0 aliphatic rings. The van der Waals surface area contributed by atoms with E-state index in [1.165, 1.54) is 19.2 Å². The van der Waals surface area contributed by atoms with Crippen molar-refractivity contribution in [3.63, 3.8) is 0 Å². The van der Waals surface area contributed by atoms with Gasteiger partial charge in [-0.05, 0) is 13.0 Å². The lowest BCUT2D eigenvalue weighted by Crippen LogP contribution is -2.33. The molecule has 0 aromatic heterocycles. The molecular weight excluding hydrogens is 296 g/mol. The Morgan fingerprint density at radius 1 is 1.53 bits per heavy atom. The van der Waals surface area contributed by atoms with Gasteiger partial charge in [-0.2, -0.15) is 0 Å². The minimum Gasteiger partial charge on any atom is -0.495 e. The average Bonchev–Trinajstić information content (AvgIpc) is 2.37. The summed E-state index contributed by atoms with van der Waals surface area (Å²) < 4.78 is 31.4. The molecule has 1 aromatic carbocycles. The van der Waals surface area contributed by atoms with E-state index in [-0.39, 0.29) is 22.2 Å². The van der Waals surface area contributed by atoms with Crippen molar-refractivity contribution >= 4 is 27.3 Å². The number of halogens is 1. The summed E-state index contributed by atoms with van der Waals surface area (Å²) in [6.45, 7) is 1.58. The lowest BCUT2D eigenvalue weighted by Gasteiger charge is -2.13. The van der Waals surface area contributed by atoms with Crippen LogP contribution in [0.15, 0.2) is 23.1 Å². The topological polar surface area (TPSA) is 98.5 Å². The molecule has 0 fully saturated rings. The van der Waals surface area contributed by atoms with E-state index in [2.05, 4.69) is 4.72 Å². The quantitative estimate of drug-likeness (QED) is 0.488. The molecular formula is C10H13ClN2O5S. The van der Waals surface area contributed by atoms with Crippen molar-refractivity contribution in [1.82, 2.24) is 4.72 Å². The van der Waals surface area contributed by atoms with Crippen LogP contribution >= 0.6 is 11.6 Å². The number of hydrogen-bond acceptors (Lipinski definition) is 5. The molecule has 0 aliphatic heterocycles. The van der Waals surface area contributed by atoms with Gasteiger partial charge in [0.2, 0.25) is 10.0 Å². The van der Waals surface area contributed by atoms with E-state index >= 15 is 0 Å².